The molecule has 3 atom stereocenters. The lowest BCUT2D eigenvalue weighted by atomic mass is 9.80. The van der Waals surface area contributed by atoms with Gasteiger partial charge in [0.15, 0.2) is 5.52 Å². The number of aromatic nitrogens is 4. The number of methoxy groups -OCH3 is 2. The average Bonchev–Trinajstić information content (AvgIpc) is 3.74. The first kappa shape index (κ1) is 33.6. The highest BCUT2D eigenvalue weighted by molar-refractivity contribution is 5.92. The van der Waals surface area contributed by atoms with Crippen molar-refractivity contribution >= 4 is 17.1 Å². The van der Waals surface area contributed by atoms with Gasteiger partial charge in [-0.1, -0.05) is 72.8 Å². The Morgan fingerprint density at radius 3 is 2.06 bits per heavy atom. The van der Waals surface area contributed by atoms with E-state index in [1.54, 1.807) is 44.6 Å². The number of rotatable bonds is 12. The van der Waals surface area contributed by atoms with E-state index in [2.05, 4.69) is 15.0 Å². The summed E-state index contributed by atoms with van der Waals surface area (Å²) < 4.78 is 44.9. The highest BCUT2D eigenvalue weighted by Crippen LogP contribution is 2.42. The summed E-state index contributed by atoms with van der Waals surface area (Å²) in [5.74, 6) is 0.250. The second-order valence-electron chi connectivity index (χ2n) is 11.6. The Kier molecular flexibility index (Phi) is 9.57. The number of carbonyl (C=O) groups is 1. The number of hydrogen-bond acceptors (Lipinski definition) is 11. The minimum atomic E-state index is -1.16. The van der Waals surface area contributed by atoms with E-state index in [4.69, 9.17) is 28.5 Å². The van der Waals surface area contributed by atoms with Gasteiger partial charge in [0.05, 0.1) is 32.5 Å². The maximum atomic E-state index is 14.6. The van der Waals surface area contributed by atoms with Crippen molar-refractivity contribution in [3.8, 4) is 17.4 Å². The molecule has 51 heavy (non-hydrogen) atoms. The van der Waals surface area contributed by atoms with Crippen molar-refractivity contribution in [2.24, 2.45) is 0 Å². The topological polar surface area (TPSA) is 136 Å². The second kappa shape index (κ2) is 14.5. The van der Waals surface area contributed by atoms with Crippen molar-refractivity contribution in [1.82, 2.24) is 19.7 Å². The van der Waals surface area contributed by atoms with E-state index in [1.165, 1.54) is 6.33 Å². The normalized spacial score (nSPS) is 17.3. The number of carbonyl (C=O) groups excluding carboxylic acids is 1. The Hall–Kier alpha value is -5.89. The minimum absolute atomic E-state index is 0.00858. The monoisotopic (exact) mass is 692 g/mol. The summed E-state index contributed by atoms with van der Waals surface area (Å²) in [5.41, 5.74) is 1.48. The molecule has 1 aliphatic heterocycles. The molecule has 0 unspecified atom stereocenters. The molecule has 13 heteroatoms. The molecule has 0 radical (unpaired) electrons. The van der Waals surface area contributed by atoms with Crippen molar-refractivity contribution in [2.75, 3.05) is 20.8 Å². The number of nitrogens with zero attached hydrogens (tertiary/aromatic N) is 4. The summed E-state index contributed by atoms with van der Waals surface area (Å²) in [6, 6.07) is 33.1. The van der Waals surface area contributed by atoms with E-state index in [9.17, 15) is 14.3 Å². The first-order valence-corrected chi connectivity index (χ1v) is 16.0. The summed E-state index contributed by atoms with van der Waals surface area (Å²) in [6.45, 7) is -0.0466. The number of imidazole rings is 1. The Bertz CT molecular complexity index is 2050. The molecule has 12 nitrogen and oxygen atoms in total. The highest BCUT2D eigenvalue weighted by Gasteiger charge is 2.42. The summed E-state index contributed by atoms with van der Waals surface area (Å²) in [7, 11) is 3.21. The van der Waals surface area contributed by atoms with Gasteiger partial charge in [0, 0.05) is 6.42 Å². The van der Waals surface area contributed by atoms with E-state index < -0.39 is 36.1 Å². The van der Waals surface area contributed by atoms with Crippen LogP contribution in [0.5, 0.6) is 17.4 Å². The molecule has 3 heterocycles. The number of fused-ring (bicyclic) bond motifs is 1. The van der Waals surface area contributed by atoms with Crippen molar-refractivity contribution < 1.29 is 42.8 Å². The molecule has 260 valence electrons. The van der Waals surface area contributed by atoms with Crippen molar-refractivity contribution in [3.05, 3.63) is 144 Å². The Balaban J connectivity index is 1.14. The van der Waals surface area contributed by atoms with Crippen LogP contribution in [0.15, 0.2) is 116 Å². The molecule has 4 aromatic carbocycles. The first-order chi connectivity index (χ1) is 24.9. The van der Waals surface area contributed by atoms with Crippen LogP contribution in [-0.2, 0) is 15.1 Å². The van der Waals surface area contributed by atoms with Crippen molar-refractivity contribution in [2.45, 2.75) is 30.5 Å². The molecule has 1 saturated heterocycles. The minimum Gasteiger partial charge on any atom is -0.497 e. The fraction of sp³-hybridized carbons (Fsp3) is 0.211. The number of benzene rings is 4. The molecule has 6 aromatic rings. The molecule has 1 aliphatic rings. The van der Waals surface area contributed by atoms with Crippen LogP contribution >= 0.6 is 0 Å². The van der Waals surface area contributed by atoms with Crippen LogP contribution in [0.3, 0.4) is 0 Å². The lowest BCUT2D eigenvalue weighted by Gasteiger charge is -2.37. The molecule has 0 saturated carbocycles. The molecule has 0 amide bonds. The molecule has 0 spiro atoms. The molecule has 7 rings (SSSR count). The average molecular weight is 693 g/mol. The zero-order valence-electron chi connectivity index (χ0n) is 27.6. The smallest absolute Gasteiger partial charge is 0.344 e. The van der Waals surface area contributed by atoms with E-state index in [0.29, 0.717) is 11.5 Å². The van der Waals surface area contributed by atoms with E-state index >= 15 is 0 Å². The maximum Gasteiger partial charge on any atom is 0.344 e. The molecular formula is C38H33FN4O8. The maximum absolute atomic E-state index is 14.6. The van der Waals surface area contributed by atoms with Crippen LogP contribution in [0.2, 0.25) is 0 Å². The quantitative estimate of drug-likeness (QED) is 0.104. The highest BCUT2D eigenvalue weighted by atomic mass is 19.1. The lowest BCUT2D eigenvalue weighted by Crippen LogP contribution is -2.38. The van der Waals surface area contributed by atoms with Crippen LogP contribution in [0.1, 0.15) is 33.5 Å². The largest absolute Gasteiger partial charge is 0.497 e. The van der Waals surface area contributed by atoms with Gasteiger partial charge in [0.1, 0.15) is 29.5 Å². The van der Waals surface area contributed by atoms with E-state index in [1.807, 2.05) is 78.9 Å². The standard InChI is InChI=1S/C38H33FN4O8/c1-46-28-17-13-26(14-18-28)38(25-11-7-4-8-12-25,27-15-19-29(47-2)20-16-27)48-22-31-30(44)21-32(49-31)51-43-23-40-33-34(43)41-37(39)42-35(33)50-36(45)24-9-5-3-6-10-24/h3-20,23,30-32,44H,21-22H2,1-2H3/t30-,31+,32-/m0/s1. The Morgan fingerprint density at radius 1 is 0.863 bits per heavy atom. The van der Waals surface area contributed by atoms with Gasteiger partial charge in [-0.2, -0.15) is 14.4 Å². The van der Waals surface area contributed by atoms with Gasteiger partial charge in [-0.05, 0) is 53.1 Å². The summed E-state index contributed by atoms with van der Waals surface area (Å²) in [4.78, 5) is 30.2. The van der Waals surface area contributed by atoms with Gasteiger partial charge in [-0.15, -0.1) is 4.73 Å². The van der Waals surface area contributed by atoms with Gasteiger partial charge in [0.2, 0.25) is 11.9 Å². The molecule has 0 bridgehead atoms. The van der Waals surface area contributed by atoms with Crippen LogP contribution < -0.4 is 19.0 Å². The summed E-state index contributed by atoms with van der Waals surface area (Å²) in [6.07, 6.45) is -2.67. The van der Waals surface area contributed by atoms with Gasteiger partial charge in [-0.3, -0.25) is 0 Å². The zero-order chi connectivity index (χ0) is 35.4. The first-order valence-electron chi connectivity index (χ1n) is 16.0. The third-order valence-electron chi connectivity index (χ3n) is 8.56. The van der Waals surface area contributed by atoms with Gasteiger partial charge >= 0.3 is 12.0 Å². The number of aliphatic hydroxyl groups excluding tert-OH is 1. The number of ether oxygens (including phenoxy) is 5. The predicted molar refractivity (Wildman–Crippen MR) is 181 cm³/mol. The number of halogens is 1. The summed E-state index contributed by atoms with van der Waals surface area (Å²) >= 11 is 0. The molecular weight excluding hydrogens is 659 g/mol. The fourth-order valence-electron chi connectivity index (χ4n) is 6.01. The van der Waals surface area contributed by atoms with Crippen LogP contribution in [-0.4, -0.2) is 70.1 Å². The number of hydrogen-bond donors (Lipinski definition) is 1. The lowest BCUT2D eigenvalue weighted by molar-refractivity contribution is -0.157. The van der Waals surface area contributed by atoms with Crippen molar-refractivity contribution in [1.29, 1.82) is 0 Å². The van der Waals surface area contributed by atoms with Gasteiger partial charge in [0.25, 0.3) is 5.88 Å². The number of esters is 1. The SMILES string of the molecule is COc1ccc(C(OC[C@H]2O[C@@H](On3cnc4c(OC(=O)c5ccccc5)nc(F)nc43)C[C@@H]2O)(c2ccccc2)c2ccc(OC)cc2)cc1. The second-order valence-corrected chi connectivity index (χ2v) is 11.6. The Labute approximate surface area is 291 Å². The van der Waals surface area contributed by atoms with Crippen LogP contribution in [0.25, 0.3) is 11.2 Å². The zero-order valence-corrected chi connectivity index (χ0v) is 27.6. The molecule has 0 aliphatic carbocycles. The predicted octanol–water partition coefficient (Wildman–Crippen LogP) is 5.12. The Morgan fingerprint density at radius 2 is 1.45 bits per heavy atom. The van der Waals surface area contributed by atoms with Crippen LogP contribution in [0, 0.1) is 6.08 Å². The van der Waals surface area contributed by atoms with Crippen molar-refractivity contribution in [3.63, 3.8) is 0 Å². The van der Waals surface area contributed by atoms with E-state index in [0.717, 1.165) is 21.4 Å². The molecule has 1 fully saturated rings. The van der Waals surface area contributed by atoms with Crippen LogP contribution in [0.4, 0.5) is 4.39 Å². The third kappa shape index (κ3) is 6.82. The summed E-state index contributed by atoms with van der Waals surface area (Å²) in [5, 5.41) is 11.2. The fourth-order valence-corrected chi connectivity index (χ4v) is 6.01. The molecule has 2 aromatic heterocycles. The van der Waals surface area contributed by atoms with Gasteiger partial charge < -0.3 is 33.6 Å². The van der Waals surface area contributed by atoms with E-state index in [-0.39, 0.29) is 35.6 Å². The third-order valence-corrected chi connectivity index (χ3v) is 8.56. The van der Waals surface area contributed by atoms with Gasteiger partial charge in [-0.25, -0.2) is 9.78 Å². The number of aliphatic hydroxyl groups is 1. The molecule has 1 N–H and O–H groups in total.